The summed E-state index contributed by atoms with van der Waals surface area (Å²) in [6.45, 7) is 1.04. The highest BCUT2D eigenvalue weighted by molar-refractivity contribution is 5.88. The molecule has 1 aliphatic carbocycles. The van der Waals surface area contributed by atoms with Gasteiger partial charge in [0.05, 0.1) is 19.3 Å². The van der Waals surface area contributed by atoms with Crippen LogP contribution < -0.4 is 9.64 Å². The molecule has 0 radical (unpaired) electrons. The molecule has 4 aliphatic rings. The van der Waals surface area contributed by atoms with Crippen molar-refractivity contribution < 1.29 is 46.5 Å². The zero-order valence-corrected chi connectivity index (χ0v) is 30.6. The number of carbonyl (C=O) groups excluding carboxylic acids is 2. The van der Waals surface area contributed by atoms with Crippen LogP contribution in [0.5, 0.6) is 5.75 Å². The van der Waals surface area contributed by atoms with Gasteiger partial charge in [-0.15, -0.1) is 0 Å². The van der Waals surface area contributed by atoms with Crippen LogP contribution in [0.15, 0.2) is 42.5 Å². The summed E-state index contributed by atoms with van der Waals surface area (Å²) in [6, 6.07) is 11.1. The average molecular weight is 747 g/mol. The number of piperidine rings is 1. The molecule has 2 aromatic rings. The number of likely N-dealkylation sites (tertiary alicyclic amines) is 2. The lowest BCUT2D eigenvalue weighted by atomic mass is 9.85. The molecular formula is C39H50F4N4O6. The number of hydrogen-bond donors (Lipinski definition) is 1. The molecule has 4 atom stereocenters. The molecule has 0 unspecified atom stereocenters. The summed E-state index contributed by atoms with van der Waals surface area (Å²) in [6.07, 6.45) is 0.132. The van der Waals surface area contributed by atoms with Crippen LogP contribution in [0.4, 0.5) is 23.2 Å². The quantitative estimate of drug-likeness (QED) is 0.305. The molecule has 0 bridgehead atoms. The van der Waals surface area contributed by atoms with Crippen molar-refractivity contribution in [3.05, 3.63) is 59.2 Å². The molecular weight excluding hydrogens is 696 g/mol. The van der Waals surface area contributed by atoms with E-state index in [-0.39, 0.29) is 57.2 Å². The minimum absolute atomic E-state index is 0.0237. The Kier molecular flexibility index (Phi) is 11.6. The van der Waals surface area contributed by atoms with Gasteiger partial charge in [0.25, 0.3) is 5.91 Å². The van der Waals surface area contributed by atoms with Crippen molar-refractivity contribution in [3.8, 4) is 5.75 Å². The second-order valence-corrected chi connectivity index (χ2v) is 15.2. The van der Waals surface area contributed by atoms with Crippen molar-refractivity contribution in [2.45, 2.75) is 68.2 Å². The molecule has 3 heterocycles. The van der Waals surface area contributed by atoms with Gasteiger partial charge in [-0.05, 0) is 61.1 Å². The van der Waals surface area contributed by atoms with E-state index in [9.17, 15) is 27.6 Å². The summed E-state index contributed by atoms with van der Waals surface area (Å²) in [4.78, 5) is 45.3. The van der Waals surface area contributed by atoms with Gasteiger partial charge in [-0.25, -0.2) is 4.39 Å². The number of alkyl halides is 4. The predicted molar refractivity (Wildman–Crippen MR) is 190 cm³/mol. The second-order valence-electron chi connectivity index (χ2n) is 15.2. The van der Waals surface area contributed by atoms with Crippen LogP contribution >= 0.6 is 0 Å². The van der Waals surface area contributed by atoms with Crippen molar-refractivity contribution in [3.63, 3.8) is 0 Å². The maximum absolute atomic E-state index is 17.7. The van der Waals surface area contributed by atoms with E-state index >= 15 is 4.39 Å². The summed E-state index contributed by atoms with van der Waals surface area (Å²) >= 11 is 0. The Morgan fingerprint density at radius 1 is 0.962 bits per heavy atom. The van der Waals surface area contributed by atoms with Crippen LogP contribution in [0.1, 0.15) is 67.1 Å². The molecule has 2 aromatic carbocycles. The molecule has 1 saturated carbocycles. The molecule has 0 aromatic heterocycles. The standard InChI is InChI=1S/C39H50F4N4O6/c1-44(22-35(48)49)36(50)26-14-16-45(17-15-26)34-18-28(39(41,42)43)10-13-31(34)32-20-46(19-27(32)23-52-2)37(51)38(40)24-47(29-6-4-5-7-29)21-33(38)25-8-11-30(53-3)12-9-25/h8-13,18,26-27,29,32-33H,4-7,14-17,19-24H2,1-3H3,(H,48,49)/t27-,32+,33+,38+/m1/s1. The van der Waals surface area contributed by atoms with E-state index in [2.05, 4.69) is 4.90 Å². The molecule has 6 rings (SSSR count). The van der Waals surface area contributed by atoms with Gasteiger partial charge in [0.1, 0.15) is 12.3 Å². The second kappa shape index (κ2) is 15.8. The Bertz CT molecular complexity index is 1630. The molecule has 4 fully saturated rings. The summed E-state index contributed by atoms with van der Waals surface area (Å²) < 4.78 is 70.9. The maximum atomic E-state index is 17.7. The van der Waals surface area contributed by atoms with Crippen LogP contribution in [-0.4, -0.2) is 123 Å². The number of ether oxygens (including phenoxy) is 2. The van der Waals surface area contributed by atoms with E-state index in [1.807, 2.05) is 17.0 Å². The van der Waals surface area contributed by atoms with Gasteiger partial charge in [0, 0.05) is 88.8 Å². The number of benzene rings is 2. The number of carboxylic acids is 1. The van der Waals surface area contributed by atoms with Crippen molar-refractivity contribution >= 4 is 23.5 Å². The van der Waals surface area contributed by atoms with Gasteiger partial charge in [-0.1, -0.05) is 31.0 Å². The fourth-order valence-corrected chi connectivity index (χ4v) is 9.12. The highest BCUT2D eigenvalue weighted by atomic mass is 19.4. The number of halogens is 4. The Morgan fingerprint density at radius 2 is 1.64 bits per heavy atom. The minimum Gasteiger partial charge on any atom is -0.497 e. The van der Waals surface area contributed by atoms with Crippen LogP contribution in [0, 0.1) is 11.8 Å². The molecule has 3 saturated heterocycles. The van der Waals surface area contributed by atoms with E-state index in [1.54, 1.807) is 24.1 Å². The number of hydrogen-bond acceptors (Lipinski definition) is 7. The number of rotatable bonds is 11. The first kappa shape index (κ1) is 38.8. The lowest BCUT2D eigenvalue weighted by molar-refractivity contribution is -0.145. The highest BCUT2D eigenvalue weighted by Gasteiger charge is 2.57. The third-order valence-electron chi connectivity index (χ3n) is 11.9. The average Bonchev–Trinajstić information content (AvgIpc) is 3.90. The number of amides is 2. The first-order valence-corrected chi connectivity index (χ1v) is 18.5. The zero-order valence-electron chi connectivity index (χ0n) is 30.6. The van der Waals surface area contributed by atoms with Gasteiger partial charge in [0.15, 0.2) is 0 Å². The number of likely N-dealkylation sites (N-methyl/N-ethyl adjacent to an activating group) is 1. The molecule has 3 aliphatic heterocycles. The number of carbonyl (C=O) groups is 3. The van der Waals surface area contributed by atoms with Crippen LogP contribution in [0.3, 0.4) is 0 Å². The summed E-state index contributed by atoms with van der Waals surface area (Å²) in [5.41, 5.74) is -1.33. The van der Waals surface area contributed by atoms with E-state index in [1.165, 1.54) is 20.2 Å². The third kappa shape index (κ3) is 8.13. The first-order chi connectivity index (χ1) is 25.2. The third-order valence-corrected chi connectivity index (χ3v) is 11.9. The molecule has 1 N–H and O–H groups in total. The predicted octanol–water partition coefficient (Wildman–Crippen LogP) is 5.41. The van der Waals surface area contributed by atoms with Crippen molar-refractivity contribution in [1.82, 2.24) is 14.7 Å². The van der Waals surface area contributed by atoms with Crippen molar-refractivity contribution in [2.75, 3.05) is 78.6 Å². The normalized spacial score (nSPS) is 26.0. The molecule has 53 heavy (non-hydrogen) atoms. The number of nitrogens with zero attached hydrogens (tertiary/aromatic N) is 4. The van der Waals surface area contributed by atoms with Gasteiger partial charge < -0.3 is 29.3 Å². The molecule has 10 nitrogen and oxygen atoms in total. The Labute approximate surface area is 308 Å². The van der Waals surface area contributed by atoms with Gasteiger partial charge in [-0.2, -0.15) is 13.2 Å². The minimum atomic E-state index is -4.60. The topological polar surface area (TPSA) is 103 Å². The van der Waals surface area contributed by atoms with E-state index in [0.29, 0.717) is 42.0 Å². The van der Waals surface area contributed by atoms with E-state index in [4.69, 9.17) is 14.6 Å². The molecule has 290 valence electrons. The summed E-state index contributed by atoms with van der Waals surface area (Å²) in [7, 11) is 4.52. The maximum Gasteiger partial charge on any atom is 0.416 e. The van der Waals surface area contributed by atoms with E-state index < -0.39 is 53.6 Å². The Balaban J connectivity index is 1.28. The van der Waals surface area contributed by atoms with Crippen LogP contribution in [0.25, 0.3) is 0 Å². The molecule has 0 spiro atoms. The van der Waals surface area contributed by atoms with Crippen molar-refractivity contribution in [1.29, 1.82) is 0 Å². The number of anilines is 1. The van der Waals surface area contributed by atoms with Crippen LogP contribution in [-0.2, 0) is 25.3 Å². The van der Waals surface area contributed by atoms with Crippen LogP contribution in [0.2, 0.25) is 0 Å². The fourth-order valence-electron chi connectivity index (χ4n) is 9.12. The van der Waals surface area contributed by atoms with Gasteiger partial charge in [-0.3, -0.25) is 19.3 Å². The van der Waals surface area contributed by atoms with Gasteiger partial charge >= 0.3 is 12.1 Å². The Morgan fingerprint density at radius 3 is 2.25 bits per heavy atom. The molecule has 14 heteroatoms. The zero-order chi connectivity index (χ0) is 38.1. The first-order valence-electron chi connectivity index (χ1n) is 18.5. The SMILES string of the molecule is COC[C@H]1CN(C(=O)[C@]2(F)CN(C3CCCC3)C[C@H]2c2ccc(OC)cc2)C[C@@H]1c1ccc(C(F)(F)F)cc1N1CCC(C(=O)N(C)CC(=O)O)CC1. The summed E-state index contributed by atoms with van der Waals surface area (Å²) in [5, 5.41) is 9.12. The lowest BCUT2D eigenvalue weighted by Crippen LogP contribution is -2.50. The van der Waals surface area contributed by atoms with E-state index in [0.717, 1.165) is 42.7 Å². The molecule has 2 amide bonds. The number of aliphatic carboxylic acids is 1. The van der Waals surface area contributed by atoms with Gasteiger partial charge in [0.2, 0.25) is 11.6 Å². The Hall–Kier alpha value is -3.91. The number of carboxylic acid groups (broad SMARTS) is 1. The number of methoxy groups -OCH3 is 2. The highest BCUT2D eigenvalue weighted by Crippen LogP contribution is 2.47. The summed E-state index contributed by atoms with van der Waals surface area (Å²) in [5.74, 6) is -3.33. The largest absolute Gasteiger partial charge is 0.497 e. The smallest absolute Gasteiger partial charge is 0.416 e. The fraction of sp³-hybridized carbons (Fsp3) is 0.615. The monoisotopic (exact) mass is 746 g/mol. The van der Waals surface area contributed by atoms with Crippen molar-refractivity contribution in [2.24, 2.45) is 11.8 Å². The lowest BCUT2D eigenvalue weighted by Gasteiger charge is -2.37.